The molecule has 27 heavy (non-hydrogen) atoms. The number of hydrogen-bond acceptors (Lipinski definition) is 5. The number of aromatic nitrogens is 4. The first-order chi connectivity index (χ1) is 13.1. The van der Waals surface area contributed by atoms with E-state index in [1.54, 1.807) is 0 Å². The standard InChI is InChI=1S/C19H17Cl2N5O/c1-26(8-7-17-22-15-6-5-14(21)10-16(15)23-17)11-18-24-19(25-27-18)12-3-2-4-13(20)9-12/h2-6,9-10H,7-8,11H2,1H3,(H,22,23). The van der Waals surface area contributed by atoms with Crippen LogP contribution < -0.4 is 0 Å². The summed E-state index contributed by atoms with van der Waals surface area (Å²) in [5.74, 6) is 2.02. The Morgan fingerprint density at radius 2 is 1.93 bits per heavy atom. The minimum Gasteiger partial charge on any atom is -0.342 e. The van der Waals surface area contributed by atoms with E-state index in [-0.39, 0.29) is 0 Å². The van der Waals surface area contributed by atoms with Crippen molar-refractivity contribution in [1.82, 2.24) is 25.0 Å². The van der Waals surface area contributed by atoms with Crippen molar-refractivity contribution in [3.05, 3.63) is 64.2 Å². The molecule has 4 rings (SSSR count). The molecule has 4 aromatic rings. The highest BCUT2D eigenvalue weighted by Crippen LogP contribution is 2.20. The molecule has 2 heterocycles. The van der Waals surface area contributed by atoms with Gasteiger partial charge >= 0.3 is 0 Å². The molecule has 0 aliphatic heterocycles. The first-order valence-electron chi connectivity index (χ1n) is 8.48. The topological polar surface area (TPSA) is 70.8 Å². The molecule has 2 aromatic heterocycles. The maximum Gasteiger partial charge on any atom is 0.241 e. The summed E-state index contributed by atoms with van der Waals surface area (Å²) in [5, 5.41) is 5.37. The molecule has 138 valence electrons. The van der Waals surface area contributed by atoms with Crippen molar-refractivity contribution in [3.8, 4) is 11.4 Å². The minimum atomic E-state index is 0.537. The zero-order valence-corrected chi connectivity index (χ0v) is 16.1. The highest BCUT2D eigenvalue weighted by Gasteiger charge is 2.12. The molecule has 6 nitrogen and oxygen atoms in total. The van der Waals surface area contributed by atoms with Crippen LogP contribution in [0.2, 0.25) is 10.0 Å². The summed E-state index contributed by atoms with van der Waals surface area (Å²) in [6.07, 6.45) is 0.776. The number of nitrogens with zero attached hydrogens (tertiary/aromatic N) is 4. The second kappa shape index (κ2) is 7.68. The minimum absolute atomic E-state index is 0.537. The van der Waals surface area contributed by atoms with Crippen molar-refractivity contribution < 1.29 is 4.52 Å². The molecular formula is C19H17Cl2N5O. The Kier molecular flexibility index (Phi) is 5.11. The van der Waals surface area contributed by atoms with E-state index in [1.807, 2.05) is 49.5 Å². The van der Waals surface area contributed by atoms with Crippen LogP contribution in [-0.2, 0) is 13.0 Å². The molecule has 2 aromatic carbocycles. The fourth-order valence-electron chi connectivity index (χ4n) is 2.82. The van der Waals surface area contributed by atoms with Crippen molar-refractivity contribution in [2.45, 2.75) is 13.0 Å². The van der Waals surface area contributed by atoms with Gasteiger partial charge in [-0.2, -0.15) is 4.98 Å². The fraction of sp³-hybridized carbons (Fsp3) is 0.211. The van der Waals surface area contributed by atoms with Gasteiger partial charge in [0.1, 0.15) is 5.82 Å². The third-order valence-corrected chi connectivity index (χ3v) is 4.65. The Morgan fingerprint density at radius 3 is 2.78 bits per heavy atom. The van der Waals surface area contributed by atoms with Crippen LogP contribution in [0, 0.1) is 0 Å². The molecule has 0 fully saturated rings. The Balaban J connectivity index is 1.37. The number of nitrogens with one attached hydrogen (secondary N) is 1. The second-order valence-corrected chi connectivity index (χ2v) is 7.23. The predicted octanol–water partition coefficient (Wildman–Crippen LogP) is 4.59. The lowest BCUT2D eigenvalue weighted by Crippen LogP contribution is -2.21. The van der Waals surface area contributed by atoms with Gasteiger partial charge in [-0.1, -0.05) is 40.5 Å². The number of H-pyrrole nitrogens is 1. The van der Waals surface area contributed by atoms with Crippen LogP contribution in [0.15, 0.2) is 47.0 Å². The fourth-order valence-corrected chi connectivity index (χ4v) is 3.19. The summed E-state index contributed by atoms with van der Waals surface area (Å²) in [6.45, 7) is 1.35. The van der Waals surface area contributed by atoms with E-state index in [9.17, 15) is 0 Å². The highest BCUT2D eigenvalue weighted by atomic mass is 35.5. The van der Waals surface area contributed by atoms with E-state index in [1.165, 1.54) is 0 Å². The lowest BCUT2D eigenvalue weighted by atomic mass is 10.2. The summed E-state index contributed by atoms with van der Waals surface area (Å²) < 4.78 is 5.36. The molecule has 1 N–H and O–H groups in total. The molecule has 0 atom stereocenters. The average Bonchev–Trinajstić information content (AvgIpc) is 3.26. The zero-order valence-electron chi connectivity index (χ0n) is 14.6. The van der Waals surface area contributed by atoms with Crippen LogP contribution in [0.5, 0.6) is 0 Å². The largest absolute Gasteiger partial charge is 0.342 e. The lowest BCUT2D eigenvalue weighted by molar-refractivity contribution is 0.268. The Bertz CT molecular complexity index is 1070. The first-order valence-corrected chi connectivity index (χ1v) is 9.23. The van der Waals surface area contributed by atoms with E-state index in [0.29, 0.717) is 28.3 Å². The van der Waals surface area contributed by atoms with E-state index >= 15 is 0 Å². The molecule has 0 bridgehead atoms. The molecule has 0 aliphatic carbocycles. The quantitative estimate of drug-likeness (QED) is 0.511. The summed E-state index contributed by atoms with van der Waals surface area (Å²) in [6, 6.07) is 13.0. The maximum absolute atomic E-state index is 6.01. The van der Waals surface area contributed by atoms with E-state index in [0.717, 1.165) is 35.4 Å². The number of imidazole rings is 1. The van der Waals surface area contributed by atoms with E-state index in [2.05, 4.69) is 25.0 Å². The van der Waals surface area contributed by atoms with Crippen LogP contribution in [0.25, 0.3) is 22.4 Å². The second-order valence-electron chi connectivity index (χ2n) is 6.35. The number of likely N-dealkylation sites (N-methyl/N-ethyl adjacent to an activating group) is 1. The van der Waals surface area contributed by atoms with Gasteiger partial charge in [0.15, 0.2) is 0 Å². The molecule has 0 radical (unpaired) electrons. The van der Waals surface area contributed by atoms with Gasteiger partial charge in [0.05, 0.1) is 17.6 Å². The Labute approximate surface area is 166 Å². The van der Waals surface area contributed by atoms with Crippen molar-refractivity contribution >= 4 is 34.2 Å². The number of rotatable bonds is 6. The van der Waals surface area contributed by atoms with Crippen LogP contribution in [0.4, 0.5) is 0 Å². The molecule has 8 heteroatoms. The van der Waals surface area contributed by atoms with Crippen LogP contribution in [0.3, 0.4) is 0 Å². The lowest BCUT2D eigenvalue weighted by Gasteiger charge is -2.12. The Hall–Kier alpha value is -2.41. The highest BCUT2D eigenvalue weighted by molar-refractivity contribution is 6.31. The molecule has 0 spiro atoms. The van der Waals surface area contributed by atoms with Crippen molar-refractivity contribution in [2.24, 2.45) is 0 Å². The van der Waals surface area contributed by atoms with Gasteiger partial charge in [0.25, 0.3) is 0 Å². The molecule has 0 aliphatic rings. The van der Waals surface area contributed by atoms with Gasteiger partial charge < -0.3 is 9.51 Å². The van der Waals surface area contributed by atoms with Gasteiger partial charge in [0, 0.05) is 28.6 Å². The third-order valence-electron chi connectivity index (χ3n) is 4.18. The van der Waals surface area contributed by atoms with Gasteiger partial charge in [-0.05, 0) is 37.4 Å². The maximum atomic E-state index is 6.01. The third kappa shape index (κ3) is 4.30. The number of aromatic amines is 1. The van der Waals surface area contributed by atoms with Crippen LogP contribution in [0.1, 0.15) is 11.7 Å². The number of hydrogen-bond donors (Lipinski definition) is 1. The number of benzene rings is 2. The van der Waals surface area contributed by atoms with Crippen LogP contribution >= 0.6 is 23.2 Å². The molecule has 0 amide bonds. The van der Waals surface area contributed by atoms with E-state index < -0.39 is 0 Å². The average molecular weight is 402 g/mol. The summed E-state index contributed by atoms with van der Waals surface area (Å²) in [7, 11) is 2.00. The number of fused-ring (bicyclic) bond motifs is 1. The first kappa shape index (κ1) is 18.0. The molecule has 0 unspecified atom stereocenters. The monoisotopic (exact) mass is 401 g/mol. The summed E-state index contributed by atoms with van der Waals surface area (Å²) in [5.41, 5.74) is 2.70. The zero-order chi connectivity index (χ0) is 18.8. The van der Waals surface area contributed by atoms with Gasteiger partial charge in [0.2, 0.25) is 11.7 Å². The predicted molar refractivity (Wildman–Crippen MR) is 106 cm³/mol. The molecular weight excluding hydrogens is 385 g/mol. The van der Waals surface area contributed by atoms with Crippen molar-refractivity contribution in [1.29, 1.82) is 0 Å². The normalized spacial score (nSPS) is 11.6. The van der Waals surface area contributed by atoms with Gasteiger partial charge in [-0.15, -0.1) is 0 Å². The smallest absolute Gasteiger partial charge is 0.241 e. The van der Waals surface area contributed by atoms with Gasteiger partial charge in [-0.25, -0.2) is 4.98 Å². The molecule has 0 saturated carbocycles. The van der Waals surface area contributed by atoms with Crippen molar-refractivity contribution in [3.63, 3.8) is 0 Å². The van der Waals surface area contributed by atoms with E-state index in [4.69, 9.17) is 27.7 Å². The molecule has 0 saturated heterocycles. The number of halogens is 2. The van der Waals surface area contributed by atoms with Crippen LogP contribution in [-0.4, -0.2) is 38.6 Å². The summed E-state index contributed by atoms with van der Waals surface area (Å²) in [4.78, 5) is 14.4. The summed E-state index contributed by atoms with van der Waals surface area (Å²) >= 11 is 12.0. The Morgan fingerprint density at radius 1 is 1.07 bits per heavy atom. The van der Waals surface area contributed by atoms with Gasteiger partial charge in [-0.3, -0.25) is 4.90 Å². The van der Waals surface area contributed by atoms with Crippen molar-refractivity contribution in [2.75, 3.05) is 13.6 Å². The SMILES string of the molecule is CN(CCc1nc2ccc(Cl)cc2[nH]1)Cc1nc(-c2cccc(Cl)c2)no1.